The normalized spacial score (nSPS) is 58.6. The molecule has 3 heteroatoms. The number of fused-ring (bicyclic) bond motifs is 1. The first-order valence-corrected chi connectivity index (χ1v) is 4.20. The molecule has 1 saturated heterocycles. The maximum Gasteiger partial charge on any atom is 0.326 e. The van der Waals surface area contributed by atoms with Gasteiger partial charge < -0.3 is 10.5 Å². The minimum Gasteiger partial charge on any atom is -0.461 e. The lowest BCUT2D eigenvalue weighted by molar-refractivity contribution is -0.144. The van der Waals surface area contributed by atoms with Crippen molar-refractivity contribution in [2.45, 2.75) is 30.9 Å². The van der Waals surface area contributed by atoms with E-state index in [4.69, 9.17) is 10.5 Å². The zero-order valence-corrected chi connectivity index (χ0v) is 6.25. The Morgan fingerprint density at radius 3 is 2.91 bits per heavy atom. The van der Waals surface area contributed by atoms with E-state index >= 15 is 0 Å². The summed E-state index contributed by atoms with van der Waals surface area (Å²) in [5, 5.41) is 0. The Balaban J connectivity index is 2.11. The molecule has 2 bridgehead atoms. The summed E-state index contributed by atoms with van der Waals surface area (Å²) in [4.78, 5) is 11.3. The van der Waals surface area contributed by atoms with Crippen LogP contribution in [0.15, 0.2) is 0 Å². The van der Waals surface area contributed by atoms with Crippen molar-refractivity contribution in [3.8, 4) is 0 Å². The lowest BCUT2D eigenvalue weighted by Crippen LogP contribution is -2.48. The van der Waals surface area contributed by atoms with E-state index in [-0.39, 0.29) is 12.1 Å². The summed E-state index contributed by atoms with van der Waals surface area (Å²) in [5.74, 6) is 0.869. The van der Waals surface area contributed by atoms with Crippen LogP contribution in [0.5, 0.6) is 0 Å². The molecule has 2 aliphatic carbocycles. The largest absolute Gasteiger partial charge is 0.461 e. The molecule has 2 saturated carbocycles. The molecule has 3 aliphatic rings. The Bertz CT molecular complexity index is 240. The van der Waals surface area contributed by atoms with Gasteiger partial charge in [0.15, 0.2) is 0 Å². The molecule has 2 N–H and O–H groups in total. The van der Waals surface area contributed by atoms with Gasteiger partial charge in [-0.05, 0) is 25.2 Å². The number of ether oxygens (including phenoxy) is 1. The number of carbonyl (C=O) groups is 1. The van der Waals surface area contributed by atoms with Gasteiger partial charge >= 0.3 is 5.97 Å². The first-order valence-electron chi connectivity index (χ1n) is 4.20. The van der Waals surface area contributed by atoms with E-state index < -0.39 is 5.54 Å². The van der Waals surface area contributed by atoms with Crippen LogP contribution in [0.1, 0.15) is 19.3 Å². The highest BCUT2D eigenvalue weighted by Crippen LogP contribution is 2.55. The van der Waals surface area contributed by atoms with Crippen LogP contribution in [-0.2, 0) is 9.53 Å². The van der Waals surface area contributed by atoms with E-state index in [1.165, 1.54) is 0 Å². The molecule has 1 aliphatic heterocycles. The molecular weight excluding hydrogens is 142 g/mol. The van der Waals surface area contributed by atoms with Crippen LogP contribution in [0.2, 0.25) is 0 Å². The summed E-state index contributed by atoms with van der Waals surface area (Å²) in [5.41, 5.74) is 5.38. The van der Waals surface area contributed by atoms with Gasteiger partial charge in [0.25, 0.3) is 0 Å². The Morgan fingerprint density at radius 1 is 1.55 bits per heavy atom. The van der Waals surface area contributed by atoms with E-state index in [9.17, 15) is 4.79 Å². The fraction of sp³-hybridized carbons (Fsp3) is 0.875. The molecule has 11 heavy (non-hydrogen) atoms. The maximum atomic E-state index is 11.3. The van der Waals surface area contributed by atoms with Crippen molar-refractivity contribution in [3.63, 3.8) is 0 Å². The van der Waals surface area contributed by atoms with Gasteiger partial charge in [-0.3, -0.25) is 4.79 Å². The topological polar surface area (TPSA) is 52.3 Å². The second kappa shape index (κ2) is 1.46. The predicted molar refractivity (Wildman–Crippen MR) is 37.6 cm³/mol. The fourth-order valence-corrected chi connectivity index (χ4v) is 3.05. The molecule has 3 nitrogen and oxygen atoms in total. The number of hydrogen-bond donors (Lipinski definition) is 1. The fourth-order valence-electron chi connectivity index (χ4n) is 3.05. The molecule has 0 spiro atoms. The Hall–Kier alpha value is -0.570. The van der Waals surface area contributed by atoms with Crippen molar-refractivity contribution in [1.29, 1.82) is 0 Å². The highest BCUT2D eigenvalue weighted by Gasteiger charge is 2.64. The molecular formula is C8H11NO2. The van der Waals surface area contributed by atoms with Crippen LogP contribution in [0.3, 0.4) is 0 Å². The summed E-state index contributed by atoms with van der Waals surface area (Å²) >= 11 is 0. The second-order valence-corrected chi connectivity index (χ2v) is 4.13. The number of hydrogen-bond acceptors (Lipinski definition) is 3. The van der Waals surface area contributed by atoms with Crippen LogP contribution in [0, 0.1) is 11.8 Å². The van der Waals surface area contributed by atoms with Gasteiger partial charge in [0.05, 0.1) is 0 Å². The Labute approximate surface area is 64.9 Å². The molecule has 4 atom stereocenters. The number of rotatable bonds is 0. The van der Waals surface area contributed by atoms with Crippen LogP contribution >= 0.6 is 0 Å². The van der Waals surface area contributed by atoms with Gasteiger partial charge in [-0.2, -0.15) is 0 Å². The highest BCUT2D eigenvalue weighted by molar-refractivity contribution is 5.84. The van der Waals surface area contributed by atoms with Gasteiger partial charge in [0, 0.05) is 5.92 Å². The average molecular weight is 153 g/mol. The molecule has 1 heterocycles. The molecule has 3 fully saturated rings. The van der Waals surface area contributed by atoms with E-state index in [2.05, 4.69) is 0 Å². The molecule has 3 rings (SSSR count). The van der Waals surface area contributed by atoms with Crippen molar-refractivity contribution >= 4 is 5.97 Å². The van der Waals surface area contributed by atoms with E-state index in [1.807, 2.05) is 0 Å². The summed E-state index contributed by atoms with van der Waals surface area (Å²) in [7, 11) is 0. The maximum absolute atomic E-state index is 11.3. The van der Waals surface area contributed by atoms with Gasteiger partial charge in [0.2, 0.25) is 0 Å². The molecule has 0 unspecified atom stereocenters. The third-order valence-electron chi connectivity index (χ3n) is 3.53. The van der Waals surface area contributed by atoms with Crippen LogP contribution < -0.4 is 5.73 Å². The third-order valence-corrected chi connectivity index (χ3v) is 3.53. The van der Waals surface area contributed by atoms with Crippen molar-refractivity contribution in [3.05, 3.63) is 0 Å². The Kier molecular flexibility index (Phi) is 0.796. The van der Waals surface area contributed by atoms with E-state index in [0.717, 1.165) is 19.3 Å². The molecule has 0 aromatic heterocycles. The summed E-state index contributed by atoms with van der Waals surface area (Å²) in [6.07, 6.45) is 3.22. The molecule has 0 radical (unpaired) electrons. The van der Waals surface area contributed by atoms with Crippen LogP contribution in [0.4, 0.5) is 0 Å². The predicted octanol–water partition coefficient (Wildman–Crippen LogP) is 0.0392. The number of carbonyl (C=O) groups excluding carboxylic acids is 1. The zero-order valence-electron chi connectivity index (χ0n) is 6.25. The standard InChI is InChI=1S/C8H11NO2/c9-8-3-4-1-5(8)6(2-4)11-7(8)10/h4-6H,1-3,9H2/t4-,5-,6+,8-/m1/s1. The van der Waals surface area contributed by atoms with Crippen molar-refractivity contribution in [1.82, 2.24) is 0 Å². The Morgan fingerprint density at radius 2 is 2.36 bits per heavy atom. The smallest absolute Gasteiger partial charge is 0.326 e. The van der Waals surface area contributed by atoms with Gasteiger partial charge in [-0.25, -0.2) is 0 Å². The molecule has 0 aromatic rings. The van der Waals surface area contributed by atoms with E-state index in [1.54, 1.807) is 0 Å². The molecule has 60 valence electrons. The monoisotopic (exact) mass is 153 g/mol. The number of nitrogens with two attached hydrogens (primary N) is 1. The lowest BCUT2D eigenvalue weighted by Gasteiger charge is -2.22. The first-order chi connectivity index (χ1) is 5.20. The number of esters is 1. The van der Waals surface area contributed by atoms with Gasteiger partial charge in [-0.15, -0.1) is 0 Å². The lowest BCUT2D eigenvalue weighted by atomic mass is 9.83. The second-order valence-electron chi connectivity index (χ2n) is 4.13. The van der Waals surface area contributed by atoms with Crippen molar-refractivity contribution in [2.24, 2.45) is 17.6 Å². The summed E-state index contributed by atoms with van der Waals surface area (Å²) in [6.45, 7) is 0. The van der Waals surface area contributed by atoms with Crippen LogP contribution in [0.25, 0.3) is 0 Å². The van der Waals surface area contributed by atoms with Gasteiger partial charge in [0.1, 0.15) is 11.6 Å². The quantitative estimate of drug-likeness (QED) is 0.500. The third kappa shape index (κ3) is 0.495. The van der Waals surface area contributed by atoms with Crippen molar-refractivity contribution in [2.75, 3.05) is 0 Å². The van der Waals surface area contributed by atoms with Crippen molar-refractivity contribution < 1.29 is 9.53 Å². The van der Waals surface area contributed by atoms with E-state index in [0.29, 0.717) is 11.8 Å². The van der Waals surface area contributed by atoms with Gasteiger partial charge in [-0.1, -0.05) is 0 Å². The molecule has 0 aromatic carbocycles. The summed E-state index contributed by atoms with van der Waals surface area (Å²) < 4.78 is 5.18. The first kappa shape index (κ1) is 6.00. The minimum atomic E-state index is -0.576. The zero-order chi connectivity index (χ0) is 7.64. The average Bonchev–Trinajstić information content (AvgIpc) is 2.45. The SMILES string of the molecule is N[C@@]12C[C@H]3C[C@H](OC1=O)[C@H]2C3. The highest BCUT2D eigenvalue weighted by atomic mass is 16.6. The van der Waals surface area contributed by atoms with Crippen LogP contribution in [-0.4, -0.2) is 17.6 Å². The minimum absolute atomic E-state index is 0.146. The summed E-state index contributed by atoms with van der Waals surface area (Å²) in [6, 6.07) is 0. The molecule has 0 amide bonds.